The molecule has 0 radical (unpaired) electrons. The van der Waals surface area contributed by atoms with Crippen LogP contribution < -0.4 is 5.32 Å². The predicted molar refractivity (Wildman–Crippen MR) is 97.8 cm³/mol. The van der Waals surface area contributed by atoms with E-state index in [9.17, 15) is 13.2 Å². The van der Waals surface area contributed by atoms with E-state index in [2.05, 4.69) is 10.4 Å². The maximum Gasteiger partial charge on any atom is 0.228 e. The normalized spacial score (nSPS) is 19.1. The first-order valence-electron chi connectivity index (χ1n) is 8.05. The van der Waals surface area contributed by atoms with Crippen LogP contribution in [0.1, 0.15) is 29.4 Å². The number of rotatable bonds is 4. The van der Waals surface area contributed by atoms with Gasteiger partial charge in [0.15, 0.2) is 9.84 Å². The summed E-state index contributed by atoms with van der Waals surface area (Å²) < 4.78 is 25.2. The average Bonchev–Trinajstić information content (AvgIpc) is 3.01. The summed E-state index contributed by atoms with van der Waals surface area (Å²) >= 11 is 5.92. The molecule has 6 nitrogen and oxygen atoms in total. The van der Waals surface area contributed by atoms with E-state index in [4.69, 9.17) is 11.6 Å². The lowest BCUT2D eigenvalue weighted by molar-refractivity contribution is -0.115. The van der Waals surface area contributed by atoms with Gasteiger partial charge < -0.3 is 5.32 Å². The Kier molecular flexibility index (Phi) is 4.88. The SMILES string of the molecule is Cc1nn(C2CCS(=O)(=O)C2)c(C)c1CC(=O)Nc1cccc(Cl)c1. The molecule has 0 saturated carbocycles. The minimum Gasteiger partial charge on any atom is -0.326 e. The zero-order valence-electron chi connectivity index (χ0n) is 14.1. The molecule has 0 bridgehead atoms. The van der Waals surface area contributed by atoms with Gasteiger partial charge in [-0.05, 0) is 38.5 Å². The van der Waals surface area contributed by atoms with E-state index in [0.29, 0.717) is 17.1 Å². The van der Waals surface area contributed by atoms with Crippen molar-refractivity contribution < 1.29 is 13.2 Å². The van der Waals surface area contributed by atoms with E-state index >= 15 is 0 Å². The summed E-state index contributed by atoms with van der Waals surface area (Å²) in [6, 6.07) is 6.83. The van der Waals surface area contributed by atoms with Crippen LogP contribution in [0, 0.1) is 13.8 Å². The lowest BCUT2D eigenvalue weighted by Gasteiger charge is -2.11. The Balaban J connectivity index is 1.76. The summed E-state index contributed by atoms with van der Waals surface area (Å²) in [5, 5.41) is 7.86. The number of carbonyl (C=O) groups excluding carboxylic acids is 1. The van der Waals surface area contributed by atoms with Gasteiger partial charge in [-0.2, -0.15) is 5.10 Å². The second kappa shape index (κ2) is 6.80. The molecule has 25 heavy (non-hydrogen) atoms. The monoisotopic (exact) mass is 381 g/mol. The molecule has 1 aromatic carbocycles. The molecule has 1 amide bonds. The molecule has 3 rings (SSSR count). The number of halogens is 1. The van der Waals surface area contributed by atoms with Gasteiger partial charge in [-0.1, -0.05) is 17.7 Å². The summed E-state index contributed by atoms with van der Waals surface area (Å²) in [5.41, 5.74) is 3.08. The van der Waals surface area contributed by atoms with Crippen molar-refractivity contribution in [2.45, 2.75) is 32.7 Å². The standard InChI is InChI=1S/C17H20ClN3O3S/c1-11-16(9-17(22)19-14-5-3-4-13(18)8-14)12(2)21(20-11)15-6-7-25(23,24)10-15/h3-5,8,15H,6-7,9-10H2,1-2H3,(H,19,22). The zero-order valence-corrected chi connectivity index (χ0v) is 15.7. The molecule has 1 atom stereocenters. The topological polar surface area (TPSA) is 81.1 Å². The van der Waals surface area contributed by atoms with Crippen molar-refractivity contribution in [1.82, 2.24) is 9.78 Å². The van der Waals surface area contributed by atoms with Crippen LogP contribution >= 0.6 is 11.6 Å². The summed E-state index contributed by atoms with van der Waals surface area (Å²) in [6.07, 6.45) is 0.752. The number of sulfone groups is 1. The minimum absolute atomic E-state index is 0.114. The smallest absolute Gasteiger partial charge is 0.228 e. The zero-order chi connectivity index (χ0) is 18.2. The molecule has 0 spiro atoms. The summed E-state index contributed by atoms with van der Waals surface area (Å²) in [7, 11) is -2.98. The summed E-state index contributed by atoms with van der Waals surface area (Å²) in [5.74, 6) is 0.149. The summed E-state index contributed by atoms with van der Waals surface area (Å²) in [6.45, 7) is 3.72. The fourth-order valence-electron chi connectivity index (χ4n) is 3.21. The molecule has 1 unspecified atom stereocenters. The molecule has 1 aliphatic heterocycles. The number of aromatic nitrogens is 2. The third-order valence-corrected chi connectivity index (χ3v) is 6.46. The number of nitrogens with zero attached hydrogens (tertiary/aromatic N) is 2. The minimum atomic E-state index is -2.98. The van der Waals surface area contributed by atoms with Gasteiger partial charge in [0.2, 0.25) is 5.91 Å². The van der Waals surface area contributed by atoms with Crippen molar-refractivity contribution in [1.29, 1.82) is 0 Å². The van der Waals surface area contributed by atoms with E-state index < -0.39 is 9.84 Å². The molecule has 134 valence electrons. The molecule has 8 heteroatoms. The Morgan fingerprint density at radius 2 is 2.16 bits per heavy atom. The van der Waals surface area contributed by atoms with Crippen molar-refractivity contribution in [2.24, 2.45) is 0 Å². The second-order valence-electron chi connectivity index (χ2n) is 6.39. The highest BCUT2D eigenvalue weighted by atomic mass is 35.5. The van der Waals surface area contributed by atoms with Crippen LogP contribution in [0.5, 0.6) is 0 Å². The van der Waals surface area contributed by atoms with E-state index in [1.807, 2.05) is 13.8 Å². The maximum atomic E-state index is 12.3. The predicted octanol–water partition coefficient (Wildman–Crippen LogP) is 2.69. The first kappa shape index (κ1) is 17.9. The number of nitrogens with one attached hydrogen (secondary N) is 1. The highest BCUT2D eigenvalue weighted by Crippen LogP contribution is 2.27. The Labute approximate surface area is 152 Å². The molecular formula is C17H20ClN3O3S. The lowest BCUT2D eigenvalue weighted by Crippen LogP contribution is -2.16. The highest BCUT2D eigenvalue weighted by molar-refractivity contribution is 7.91. The fourth-order valence-corrected chi connectivity index (χ4v) is 5.09. The van der Waals surface area contributed by atoms with Crippen molar-refractivity contribution >= 4 is 33.0 Å². The summed E-state index contributed by atoms with van der Waals surface area (Å²) in [4.78, 5) is 12.3. The first-order chi connectivity index (χ1) is 11.7. The van der Waals surface area contributed by atoms with Crippen LogP contribution in [0.15, 0.2) is 24.3 Å². The average molecular weight is 382 g/mol. The molecule has 1 N–H and O–H groups in total. The molecule has 2 heterocycles. The molecule has 1 fully saturated rings. The Bertz CT molecular complexity index is 921. The third-order valence-electron chi connectivity index (χ3n) is 4.47. The number of aryl methyl sites for hydroxylation is 1. The number of amides is 1. The van der Waals surface area contributed by atoms with Gasteiger partial charge in [0.1, 0.15) is 0 Å². The third kappa shape index (κ3) is 4.04. The Morgan fingerprint density at radius 3 is 2.80 bits per heavy atom. The number of carbonyl (C=O) groups is 1. The Hall–Kier alpha value is -1.86. The van der Waals surface area contributed by atoms with Crippen molar-refractivity contribution in [3.63, 3.8) is 0 Å². The lowest BCUT2D eigenvalue weighted by atomic mass is 10.1. The van der Waals surface area contributed by atoms with Crippen LogP contribution in [0.4, 0.5) is 5.69 Å². The first-order valence-corrected chi connectivity index (χ1v) is 10.3. The van der Waals surface area contributed by atoms with E-state index in [0.717, 1.165) is 17.0 Å². The number of anilines is 1. The van der Waals surface area contributed by atoms with Crippen LogP contribution in [-0.2, 0) is 21.1 Å². The molecule has 1 aromatic heterocycles. The Morgan fingerprint density at radius 1 is 1.40 bits per heavy atom. The number of hydrogen-bond donors (Lipinski definition) is 1. The molecular weight excluding hydrogens is 362 g/mol. The van der Waals surface area contributed by atoms with Gasteiger partial charge in [-0.25, -0.2) is 8.42 Å². The van der Waals surface area contributed by atoms with Gasteiger partial charge in [0.05, 0.1) is 29.7 Å². The van der Waals surface area contributed by atoms with Gasteiger partial charge in [-0.15, -0.1) is 0 Å². The highest BCUT2D eigenvalue weighted by Gasteiger charge is 2.31. The quantitative estimate of drug-likeness (QED) is 0.882. The van der Waals surface area contributed by atoms with Gasteiger partial charge in [0.25, 0.3) is 0 Å². The van der Waals surface area contributed by atoms with Gasteiger partial charge >= 0.3 is 0 Å². The van der Waals surface area contributed by atoms with Crippen molar-refractivity contribution in [3.8, 4) is 0 Å². The van der Waals surface area contributed by atoms with Crippen LogP contribution in [0.2, 0.25) is 5.02 Å². The number of hydrogen-bond acceptors (Lipinski definition) is 4. The van der Waals surface area contributed by atoms with Crippen molar-refractivity contribution in [2.75, 3.05) is 16.8 Å². The fraction of sp³-hybridized carbons (Fsp3) is 0.412. The van der Waals surface area contributed by atoms with Crippen LogP contribution in [-0.4, -0.2) is 35.6 Å². The van der Waals surface area contributed by atoms with E-state index in [1.54, 1.807) is 28.9 Å². The largest absolute Gasteiger partial charge is 0.326 e. The van der Waals surface area contributed by atoms with E-state index in [1.165, 1.54) is 0 Å². The second-order valence-corrected chi connectivity index (χ2v) is 9.05. The van der Waals surface area contributed by atoms with Crippen LogP contribution in [0.25, 0.3) is 0 Å². The van der Waals surface area contributed by atoms with Gasteiger partial charge in [-0.3, -0.25) is 9.48 Å². The number of benzene rings is 1. The molecule has 0 aliphatic carbocycles. The van der Waals surface area contributed by atoms with E-state index in [-0.39, 0.29) is 29.9 Å². The molecule has 1 saturated heterocycles. The van der Waals surface area contributed by atoms with Crippen molar-refractivity contribution in [3.05, 3.63) is 46.2 Å². The van der Waals surface area contributed by atoms with Crippen LogP contribution in [0.3, 0.4) is 0 Å². The molecule has 1 aliphatic rings. The van der Waals surface area contributed by atoms with Gasteiger partial charge in [0, 0.05) is 22.0 Å². The molecule has 2 aromatic rings. The maximum absolute atomic E-state index is 12.3.